The lowest BCUT2D eigenvalue weighted by Gasteiger charge is -2.48. The Bertz CT molecular complexity index is 924. The molecule has 24 heavy (non-hydrogen) atoms. The molecule has 6 heteroatoms. The van der Waals surface area contributed by atoms with Crippen LogP contribution >= 0.6 is 11.6 Å². The average molecular weight is 365 g/mol. The van der Waals surface area contributed by atoms with Crippen LogP contribution in [0.15, 0.2) is 31.0 Å². The van der Waals surface area contributed by atoms with E-state index in [-0.39, 0.29) is 17.7 Å². The number of anilines is 1. The van der Waals surface area contributed by atoms with Gasteiger partial charge in [-0.25, -0.2) is 13.4 Å². The van der Waals surface area contributed by atoms with E-state index in [9.17, 15) is 8.42 Å². The summed E-state index contributed by atoms with van der Waals surface area (Å²) in [7, 11) is -2.96. The molecule has 128 valence electrons. The third kappa shape index (κ3) is 3.15. The van der Waals surface area contributed by atoms with Crippen LogP contribution < -0.4 is 4.90 Å². The molecule has 1 aliphatic rings. The molecule has 0 spiro atoms. The summed E-state index contributed by atoms with van der Waals surface area (Å²) in [6.45, 7) is 8.81. The van der Waals surface area contributed by atoms with Gasteiger partial charge in [-0.1, -0.05) is 29.8 Å². The first-order valence-corrected chi connectivity index (χ1v) is 10.3. The lowest BCUT2D eigenvalue weighted by Crippen LogP contribution is -2.57. The summed E-state index contributed by atoms with van der Waals surface area (Å²) >= 11 is 6.08. The van der Waals surface area contributed by atoms with Crippen molar-refractivity contribution >= 4 is 43.5 Å². The molecule has 1 saturated heterocycles. The van der Waals surface area contributed by atoms with Crippen LogP contribution in [0.25, 0.3) is 16.3 Å². The molecule has 4 nitrogen and oxygen atoms in total. The first-order chi connectivity index (χ1) is 11.2. The van der Waals surface area contributed by atoms with Crippen LogP contribution in [0.2, 0.25) is 5.15 Å². The maximum Gasteiger partial charge on any atom is 0.147 e. The summed E-state index contributed by atoms with van der Waals surface area (Å²) in [4.78, 5) is 6.46. The van der Waals surface area contributed by atoms with Crippen molar-refractivity contribution in [1.82, 2.24) is 4.98 Å². The molecule has 0 amide bonds. The topological polar surface area (TPSA) is 50.3 Å². The number of sulfone groups is 1. The van der Waals surface area contributed by atoms with Crippen LogP contribution in [0, 0.1) is 5.92 Å². The van der Waals surface area contributed by atoms with E-state index in [0.29, 0.717) is 5.15 Å². The standard InChI is InChI=1S/C18H21ClN2O2S/c1-11(2)14-5-6-17(16-8-20-18(19)7-15(14)16)21-9-13(12(21)3)10-24(4,22)23/h5-8,12-13H,1,9-10H2,2-4H3/t12-,13-/m1/s1. The summed E-state index contributed by atoms with van der Waals surface area (Å²) in [5.74, 6) is 0.396. The quantitative estimate of drug-likeness (QED) is 0.774. The minimum atomic E-state index is -2.96. The molecule has 0 unspecified atom stereocenters. The van der Waals surface area contributed by atoms with Crippen molar-refractivity contribution in [2.24, 2.45) is 5.92 Å². The highest BCUT2D eigenvalue weighted by atomic mass is 35.5. The van der Waals surface area contributed by atoms with Gasteiger partial charge in [-0.3, -0.25) is 0 Å². The second kappa shape index (κ2) is 6.05. The van der Waals surface area contributed by atoms with Crippen molar-refractivity contribution in [3.8, 4) is 0 Å². The largest absolute Gasteiger partial charge is 0.368 e. The number of pyridine rings is 1. The molecule has 1 aromatic carbocycles. The monoisotopic (exact) mass is 364 g/mol. The molecule has 3 rings (SSSR count). The van der Waals surface area contributed by atoms with Gasteiger partial charge in [0.1, 0.15) is 15.0 Å². The Kier molecular flexibility index (Phi) is 4.34. The molecule has 0 aliphatic carbocycles. The Morgan fingerprint density at radius 2 is 2.12 bits per heavy atom. The first kappa shape index (κ1) is 17.2. The number of nitrogens with zero attached hydrogens (tertiary/aromatic N) is 2. The average Bonchev–Trinajstić information content (AvgIpc) is 2.48. The molecule has 0 bridgehead atoms. The van der Waals surface area contributed by atoms with Gasteiger partial charge in [0.15, 0.2) is 0 Å². The Morgan fingerprint density at radius 3 is 2.71 bits per heavy atom. The first-order valence-electron chi connectivity index (χ1n) is 7.86. The van der Waals surface area contributed by atoms with Gasteiger partial charge in [0, 0.05) is 42.0 Å². The molecule has 2 atom stereocenters. The van der Waals surface area contributed by atoms with E-state index in [1.807, 2.05) is 19.1 Å². The van der Waals surface area contributed by atoms with E-state index >= 15 is 0 Å². The van der Waals surface area contributed by atoms with Crippen molar-refractivity contribution in [2.45, 2.75) is 19.9 Å². The van der Waals surface area contributed by atoms with Crippen molar-refractivity contribution in [3.63, 3.8) is 0 Å². The second-order valence-electron chi connectivity index (χ2n) is 6.71. The second-order valence-corrected chi connectivity index (χ2v) is 9.28. The predicted octanol–water partition coefficient (Wildman–Crippen LogP) is 3.79. The molecular weight excluding hydrogens is 344 g/mol. The molecule has 0 radical (unpaired) electrons. The molecule has 2 heterocycles. The molecule has 1 aromatic heterocycles. The summed E-state index contributed by atoms with van der Waals surface area (Å²) in [6, 6.07) is 6.15. The van der Waals surface area contributed by atoms with Gasteiger partial charge in [0.05, 0.1) is 5.75 Å². The fourth-order valence-electron chi connectivity index (χ4n) is 3.41. The Balaban J connectivity index is 2.00. The Labute approximate surface area is 148 Å². The van der Waals surface area contributed by atoms with E-state index in [1.54, 1.807) is 6.20 Å². The highest BCUT2D eigenvalue weighted by molar-refractivity contribution is 7.90. The number of benzene rings is 1. The molecule has 1 aliphatic heterocycles. The number of rotatable bonds is 4. The molecule has 1 fully saturated rings. The summed E-state index contributed by atoms with van der Waals surface area (Å²) < 4.78 is 23.1. The number of hydrogen-bond donors (Lipinski definition) is 0. The third-order valence-corrected chi connectivity index (χ3v) is 5.98. The van der Waals surface area contributed by atoms with Crippen LogP contribution in [0.1, 0.15) is 19.4 Å². The van der Waals surface area contributed by atoms with E-state index in [2.05, 4.69) is 29.5 Å². The SMILES string of the molecule is C=C(C)c1ccc(N2C[C@H](CS(C)(=O)=O)[C@H]2C)c2cnc(Cl)cc12. The zero-order valence-corrected chi connectivity index (χ0v) is 15.7. The zero-order valence-electron chi connectivity index (χ0n) is 14.1. The van der Waals surface area contributed by atoms with Crippen LogP contribution in [-0.2, 0) is 9.84 Å². The Morgan fingerprint density at radius 1 is 1.42 bits per heavy atom. The molecule has 0 saturated carbocycles. The predicted molar refractivity (Wildman–Crippen MR) is 101 cm³/mol. The summed E-state index contributed by atoms with van der Waals surface area (Å²) in [6.07, 6.45) is 3.08. The normalized spacial score (nSPS) is 20.9. The van der Waals surface area contributed by atoms with Gasteiger partial charge in [-0.05, 0) is 36.9 Å². The van der Waals surface area contributed by atoms with E-state index in [0.717, 1.165) is 34.1 Å². The summed E-state index contributed by atoms with van der Waals surface area (Å²) in [5, 5.41) is 2.50. The highest BCUT2D eigenvalue weighted by Crippen LogP contribution is 2.39. The van der Waals surface area contributed by atoms with E-state index in [4.69, 9.17) is 11.6 Å². The number of aromatic nitrogens is 1. The molecule has 0 N–H and O–H groups in total. The van der Waals surface area contributed by atoms with Gasteiger partial charge >= 0.3 is 0 Å². The lowest BCUT2D eigenvalue weighted by molar-refractivity contribution is 0.342. The van der Waals surface area contributed by atoms with Crippen LogP contribution in [0.4, 0.5) is 5.69 Å². The number of allylic oxidation sites excluding steroid dienone is 1. The van der Waals surface area contributed by atoms with Crippen LogP contribution in [-0.4, -0.2) is 38.0 Å². The fourth-order valence-corrected chi connectivity index (χ4v) is 4.73. The van der Waals surface area contributed by atoms with E-state index in [1.165, 1.54) is 6.26 Å². The number of hydrogen-bond acceptors (Lipinski definition) is 4. The maximum absolute atomic E-state index is 11.5. The van der Waals surface area contributed by atoms with Crippen molar-refractivity contribution in [3.05, 3.63) is 41.7 Å². The van der Waals surface area contributed by atoms with Crippen LogP contribution in [0.3, 0.4) is 0 Å². The highest BCUT2D eigenvalue weighted by Gasteiger charge is 2.38. The Hall–Kier alpha value is -1.59. The van der Waals surface area contributed by atoms with Gasteiger partial charge in [-0.2, -0.15) is 0 Å². The lowest BCUT2D eigenvalue weighted by atomic mass is 9.89. The van der Waals surface area contributed by atoms with Gasteiger partial charge < -0.3 is 4.90 Å². The zero-order chi connectivity index (χ0) is 17.6. The molecular formula is C18H21ClN2O2S. The van der Waals surface area contributed by atoms with Gasteiger partial charge in [0.25, 0.3) is 0 Å². The van der Waals surface area contributed by atoms with E-state index < -0.39 is 9.84 Å². The third-order valence-electron chi connectivity index (χ3n) is 4.74. The van der Waals surface area contributed by atoms with Crippen molar-refractivity contribution in [2.75, 3.05) is 23.5 Å². The smallest absolute Gasteiger partial charge is 0.147 e. The minimum absolute atomic E-state index is 0.163. The van der Waals surface area contributed by atoms with Gasteiger partial charge in [-0.15, -0.1) is 0 Å². The van der Waals surface area contributed by atoms with Crippen LogP contribution in [0.5, 0.6) is 0 Å². The van der Waals surface area contributed by atoms with Crippen molar-refractivity contribution in [1.29, 1.82) is 0 Å². The fraction of sp³-hybridized carbons (Fsp3) is 0.389. The molecule has 2 aromatic rings. The van der Waals surface area contributed by atoms with Gasteiger partial charge in [0.2, 0.25) is 0 Å². The number of halogens is 1. The number of fused-ring (bicyclic) bond motifs is 1. The maximum atomic E-state index is 11.5. The van der Waals surface area contributed by atoms with Crippen molar-refractivity contribution < 1.29 is 8.42 Å². The summed E-state index contributed by atoms with van der Waals surface area (Å²) in [5.41, 5.74) is 3.09. The minimum Gasteiger partial charge on any atom is -0.368 e.